The molecule has 17 heavy (non-hydrogen) atoms. The molecule has 7 heteroatoms. The summed E-state index contributed by atoms with van der Waals surface area (Å²) in [6.45, 7) is 0.0244. The van der Waals surface area contributed by atoms with Gasteiger partial charge in [-0.1, -0.05) is 12.1 Å². The molecule has 94 valence electrons. The topological polar surface area (TPSA) is 89.3 Å². The number of anilines is 1. The Bertz CT molecular complexity index is 502. The van der Waals surface area contributed by atoms with E-state index < -0.39 is 27.3 Å². The fraction of sp³-hybridized carbons (Fsp3) is 0.300. The molecule has 0 fully saturated rings. The summed E-state index contributed by atoms with van der Waals surface area (Å²) in [4.78, 5) is 10.5. The SMILES string of the molecule is NC(=O)CS(=O)(=O)CCNc1ccccc1F. The van der Waals surface area contributed by atoms with E-state index in [9.17, 15) is 17.6 Å². The van der Waals surface area contributed by atoms with Crippen molar-refractivity contribution in [1.29, 1.82) is 0 Å². The fourth-order valence-corrected chi connectivity index (χ4v) is 2.23. The molecule has 1 aromatic rings. The van der Waals surface area contributed by atoms with Crippen LogP contribution in [-0.2, 0) is 14.6 Å². The van der Waals surface area contributed by atoms with Gasteiger partial charge >= 0.3 is 0 Å². The van der Waals surface area contributed by atoms with Crippen molar-refractivity contribution in [3.8, 4) is 0 Å². The molecule has 3 N–H and O–H groups in total. The van der Waals surface area contributed by atoms with Crippen LogP contribution >= 0.6 is 0 Å². The molecule has 0 spiro atoms. The summed E-state index contributed by atoms with van der Waals surface area (Å²) in [5.41, 5.74) is 5.01. The maximum absolute atomic E-state index is 13.1. The van der Waals surface area contributed by atoms with Gasteiger partial charge in [-0.15, -0.1) is 0 Å². The van der Waals surface area contributed by atoms with Crippen LogP contribution in [-0.4, -0.2) is 32.4 Å². The maximum atomic E-state index is 13.1. The summed E-state index contributed by atoms with van der Waals surface area (Å²) in [6, 6.07) is 5.92. The number of sulfone groups is 1. The summed E-state index contributed by atoms with van der Waals surface area (Å²) in [6.07, 6.45) is 0. The van der Waals surface area contributed by atoms with E-state index in [1.54, 1.807) is 6.07 Å². The van der Waals surface area contributed by atoms with Crippen LogP contribution in [0.15, 0.2) is 24.3 Å². The number of para-hydroxylation sites is 1. The number of primary amides is 1. The third-order valence-electron chi connectivity index (χ3n) is 1.96. The number of carbonyl (C=O) groups is 1. The number of nitrogens with one attached hydrogen (secondary N) is 1. The smallest absolute Gasteiger partial charge is 0.232 e. The Labute approximate surface area is 98.7 Å². The van der Waals surface area contributed by atoms with Crippen LogP contribution in [0.4, 0.5) is 10.1 Å². The second kappa shape index (κ2) is 5.62. The zero-order valence-corrected chi connectivity index (χ0v) is 9.84. The summed E-state index contributed by atoms with van der Waals surface area (Å²) in [5, 5.41) is 2.64. The molecule has 0 bridgehead atoms. The number of hydrogen-bond donors (Lipinski definition) is 2. The second-order valence-electron chi connectivity index (χ2n) is 3.46. The number of nitrogens with two attached hydrogens (primary N) is 1. The van der Waals surface area contributed by atoms with Gasteiger partial charge in [0.1, 0.15) is 11.6 Å². The maximum Gasteiger partial charge on any atom is 0.232 e. The minimum Gasteiger partial charge on any atom is -0.382 e. The average Bonchev–Trinajstić information content (AvgIpc) is 2.18. The second-order valence-corrected chi connectivity index (χ2v) is 5.65. The predicted molar refractivity (Wildman–Crippen MR) is 62.7 cm³/mol. The molecule has 0 aromatic heterocycles. The molecule has 5 nitrogen and oxygen atoms in total. The van der Waals surface area contributed by atoms with Crippen molar-refractivity contribution in [3.05, 3.63) is 30.1 Å². The molecular weight excluding hydrogens is 247 g/mol. The Morgan fingerprint density at radius 3 is 2.59 bits per heavy atom. The van der Waals surface area contributed by atoms with Crippen molar-refractivity contribution >= 4 is 21.4 Å². The van der Waals surface area contributed by atoms with Crippen LogP contribution in [0, 0.1) is 5.82 Å². The largest absolute Gasteiger partial charge is 0.382 e. The summed E-state index contributed by atoms with van der Waals surface area (Å²) < 4.78 is 35.7. The molecule has 1 rings (SSSR count). The van der Waals surface area contributed by atoms with Crippen LogP contribution in [0.5, 0.6) is 0 Å². The highest BCUT2D eigenvalue weighted by atomic mass is 32.2. The van der Waals surface area contributed by atoms with Gasteiger partial charge in [0.25, 0.3) is 0 Å². The minimum atomic E-state index is -3.52. The quantitative estimate of drug-likeness (QED) is 0.761. The Balaban J connectivity index is 2.48. The van der Waals surface area contributed by atoms with Gasteiger partial charge in [-0.05, 0) is 12.1 Å². The Hall–Kier alpha value is -1.63. The summed E-state index contributed by atoms with van der Waals surface area (Å²) in [7, 11) is -3.52. The molecule has 0 aliphatic carbocycles. The normalized spacial score (nSPS) is 11.1. The Kier molecular flexibility index (Phi) is 4.45. The number of carbonyl (C=O) groups excluding carboxylic acids is 1. The lowest BCUT2D eigenvalue weighted by Crippen LogP contribution is -2.27. The van der Waals surface area contributed by atoms with Crippen LogP contribution in [0.2, 0.25) is 0 Å². The molecule has 0 atom stereocenters. The van der Waals surface area contributed by atoms with Crippen LogP contribution < -0.4 is 11.1 Å². The summed E-state index contributed by atoms with van der Waals surface area (Å²) in [5.74, 6) is -2.31. The van der Waals surface area contributed by atoms with Crippen molar-refractivity contribution in [1.82, 2.24) is 0 Å². The molecule has 1 amide bonds. The molecule has 0 saturated carbocycles. The third kappa shape index (κ3) is 4.81. The van der Waals surface area contributed by atoms with Crippen molar-refractivity contribution < 1.29 is 17.6 Å². The van der Waals surface area contributed by atoms with Gasteiger partial charge in [-0.2, -0.15) is 0 Å². The molecule has 0 radical (unpaired) electrons. The lowest BCUT2D eigenvalue weighted by Gasteiger charge is -2.07. The Morgan fingerprint density at radius 2 is 2.00 bits per heavy atom. The minimum absolute atomic E-state index is 0.0244. The van der Waals surface area contributed by atoms with Gasteiger partial charge in [0.2, 0.25) is 5.91 Å². The molecule has 0 heterocycles. The van der Waals surface area contributed by atoms with Gasteiger partial charge in [-0.3, -0.25) is 4.79 Å². The van der Waals surface area contributed by atoms with E-state index in [1.807, 2.05) is 0 Å². The zero-order chi connectivity index (χ0) is 12.9. The number of halogens is 1. The van der Waals surface area contributed by atoms with Crippen molar-refractivity contribution in [2.45, 2.75) is 0 Å². The highest BCUT2D eigenvalue weighted by molar-refractivity contribution is 7.92. The fourth-order valence-electron chi connectivity index (χ4n) is 1.23. The van der Waals surface area contributed by atoms with Gasteiger partial charge in [-0.25, -0.2) is 12.8 Å². The van der Waals surface area contributed by atoms with E-state index in [0.717, 1.165) is 0 Å². The molecule has 0 aliphatic heterocycles. The van der Waals surface area contributed by atoms with Gasteiger partial charge < -0.3 is 11.1 Å². The molecule has 1 aromatic carbocycles. The molecule has 0 unspecified atom stereocenters. The number of benzene rings is 1. The lowest BCUT2D eigenvalue weighted by atomic mass is 10.3. The first-order valence-corrected chi connectivity index (χ1v) is 6.70. The first-order chi connectivity index (χ1) is 7.91. The number of amides is 1. The lowest BCUT2D eigenvalue weighted by molar-refractivity contribution is -0.115. The van der Waals surface area contributed by atoms with E-state index in [0.29, 0.717) is 0 Å². The van der Waals surface area contributed by atoms with Crippen molar-refractivity contribution in [3.63, 3.8) is 0 Å². The predicted octanol–water partition coefficient (Wildman–Crippen LogP) is 0.138. The monoisotopic (exact) mass is 260 g/mol. The van der Waals surface area contributed by atoms with Crippen LogP contribution in [0.3, 0.4) is 0 Å². The van der Waals surface area contributed by atoms with Gasteiger partial charge in [0, 0.05) is 6.54 Å². The average molecular weight is 260 g/mol. The third-order valence-corrected chi connectivity index (χ3v) is 3.52. The first-order valence-electron chi connectivity index (χ1n) is 4.88. The molecular formula is C10H13FN2O3S. The standard InChI is InChI=1S/C10H13FN2O3S/c11-8-3-1-2-4-9(8)13-5-6-17(15,16)7-10(12)14/h1-4,13H,5-7H2,(H2,12,14). The van der Waals surface area contributed by atoms with Crippen LogP contribution in [0.25, 0.3) is 0 Å². The van der Waals surface area contributed by atoms with Gasteiger partial charge in [0.15, 0.2) is 9.84 Å². The molecule has 0 saturated heterocycles. The molecule has 0 aliphatic rings. The number of hydrogen-bond acceptors (Lipinski definition) is 4. The van der Waals surface area contributed by atoms with E-state index in [1.165, 1.54) is 18.2 Å². The first kappa shape index (κ1) is 13.4. The van der Waals surface area contributed by atoms with E-state index >= 15 is 0 Å². The highest BCUT2D eigenvalue weighted by Crippen LogP contribution is 2.11. The zero-order valence-electron chi connectivity index (χ0n) is 9.02. The number of rotatable bonds is 6. The van der Waals surface area contributed by atoms with Crippen molar-refractivity contribution in [2.75, 3.05) is 23.4 Å². The van der Waals surface area contributed by atoms with E-state index in [2.05, 4.69) is 5.32 Å². The highest BCUT2D eigenvalue weighted by Gasteiger charge is 2.14. The van der Waals surface area contributed by atoms with E-state index in [4.69, 9.17) is 5.73 Å². The Morgan fingerprint density at radius 1 is 1.35 bits per heavy atom. The van der Waals surface area contributed by atoms with Crippen molar-refractivity contribution in [2.24, 2.45) is 5.73 Å². The summed E-state index contributed by atoms with van der Waals surface area (Å²) >= 11 is 0. The van der Waals surface area contributed by atoms with Gasteiger partial charge in [0.05, 0.1) is 11.4 Å². The van der Waals surface area contributed by atoms with E-state index in [-0.39, 0.29) is 18.0 Å². The van der Waals surface area contributed by atoms with Crippen LogP contribution in [0.1, 0.15) is 0 Å².